The van der Waals surface area contributed by atoms with Gasteiger partial charge in [-0.1, -0.05) is 6.07 Å². The molecule has 0 bridgehead atoms. The first kappa shape index (κ1) is 10.8. The van der Waals surface area contributed by atoms with Crippen LogP contribution in [-0.4, -0.2) is 22.8 Å². The van der Waals surface area contributed by atoms with E-state index in [4.69, 9.17) is 0 Å². The Morgan fingerprint density at radius 3 is 3.00 bits per heavy atom. The first-order valence-corrected chi connectivity index (χ1v) is 6.48. The van der Waals surface area contributed by atoms with Crippen LogP contribution >= 0.6 is 0 Å². The van der Waals surface area contributed by atoms with Gasteiger partial charge in [0.1, 0.15) is 0 Å². The van der Waals surface area contributed by atoms with E-state index in [0.717, 1.165) is 37.8 Å². The Morgan fingerprint density at radius 2 is 2.24 bits per heavy atom. The maximum Gasteiger partial charge on any atom is 0.225 e. The van der Waals surface area contributed by atoms with Gasteiger partial charge in [0.25, 0.3) is 0 Å². The van der Waals surface area contributed by atoms with Gasteiger partial charge in [-0.2, -0.15) is 0 Å². The fourth-order valence-corrected chi connectivity index (χ4v) is 2.73. The van der Waals surface area contributed by atoms with Crippen LogP contribution in [0.25, 0.3) is 0 Å². The number of aryl methyl sites for hydroxylation is 1. The molecule has 1 aromatic heterocycles. The third-order valence-corrected chi connectivity index (χ3v) is 3.91. The molecule has 0 radical (unpaired) electrons. The molecule has 1 atom stereocenters. The summed E-state index contributed by atoms with van der Waals surface area (Å²) in [5.41, 5.74) is 2.44. The Morgan fingerprint density at radius 1 is 1.41 bits per heavy atom. The minimum Gasteiger partial charge on any atom is -0.337 e. The van der Waals surface area contributed by atoms with E-state index in [0.29, 0.717) is 11.8 Å². The van der Waals surface area contributed by atoms with Crippen molar-refractivity contribution in [2.45, 2.75) is 38.1 Å². The van der Waals surface area contributed by atoms with Crippen molar-refractivity contribution in [3.63, 3.8) is 0 Å². The van der Waals surface area contributed by atoms with Crippen molar-refractivity contribution in [3.05, 3.63) is 29.6 Å². The fraction of sp³-hybridized carbons (Fsp3) is 0.571. The highest BCUT2D eigenvalue weighted by Crippen LogP contribution is 2.37. The van der Waals surface area contributed by atoms with Gasteiger partial charge in [-0.05, 0) is 43.7 Å². The molecule has 0 aromatic carbocycles. The van der Waals surface area contributed by atoms with Crippen LogP contribution < -0.4 is 0 Å². The molecule has 0 aliphatic heterocycles. The predicted octanol–water partition coefficient (Wildman–Crippen LogP) is 2.33. The van der Waals surface area contributed by atoms with E-state index in [9.17, 15) is 4.79 Å². The van der Waals surface area contributed by atoms with Crippen LogP contribution in [0.15, 0.2) is 18.3 Å². The van der Waals surface area contributed by atoms with E-state index < -0.39 is 0 Å². The first-order chi connectivity index (χ1) is 8.27. The smallest absolute Gasteiger partial charge is 0.225 e. The second-order valence-corrected chi connectivity index (χ2v) is 5.18. The summed E-state index contributed by atoms with van der Waals surface area (Å²) in [6.07, 6.45) is 7.30. The summed E-state index contributed by atoms with van der Waals surface area (Å²) < 4.78 is 0. The molecule has 1 aromatic rings. The predicted molar refractivity (Wildman–Crippen MR) is 65.4 cm³/mol. The molecule has 0 N–H and O–H groups in total. The van der Waals surface area contributed by atoms with E-state index in [2.05, 4.69) is 11.1 Å². The Kier molecular flexibility index (Phi) is 2.61. The highest BCUT2D eigenvalue weighted by Gasteiger charge is 2.36. The van der Waals surface area contributed by atoms with E-state index in [-0.39, 0.29) is 6.04 Å². The molecule has 1 amide bonds. The number of fused-ring (bicyclic) bond motifs is 1. The zero-order valence-corrected chi connectivity index (χ0v) is 10.2. The third kappa shape index (κ3) is 1.94. The van der Waals surface area contributed by atoms with Gasteiger partial charge in [0.15, 0.2) is 0 Å². The highest BCUT2D eigenvalue weighted by molar-refractivity contribution is 5.81. The largest absolute Gasteiger partial charge is 0.337 e. The van der Waals surface area contributed by atoms with Crippen LogP contribution in [-0.2, 0) is 11.2 Å². The topological polar surface area (TPSA) is 33.2 Å². The Balaban J connectivity index is 1.86. The van der Waals surface area contributed by atoms with Gasteiger partial charge < -0.3 is 4.90 Å². The van der Waals surface area contributed by atoms with E-state index in [1.54, 1.807) is 0 Å². The number of nitrogens with zero attached hydrogens (tertiary/aromatic N) is 2. The Labute approximate surface area is 102 Å². The van der Waals surface area contributed by atoms with Crippen molar-refractivity contribution in [2.24, 2.45) is 5.92 Å². The Hall–Kier alpha value is -1.38. The number of amides is 1. The third-order valence-electron chi connectivity index (χ3n) is 3.91. The van der Waals surface area contributed by atoms with Gasteiger partial charge in [-0.3, -0.25) is 9.78 Å². The summed E-state index contributed by atoms with van der Waals surface area (Å²) in [6, 6.07) is 4.33. The van der Waals surface area contributed by atoms with Gasteiger partial charge in [0.05, 0.1) is 11.7 Å². The molecule has 2 aliphatic carbocycles. The second-order valence-electron chi connectivity index (χ2n) is 5.18. The second kappa shape index (κ2) is 4.13. The van der Waals surface area contributed by atoms with Gasteiger partial charge >= 0.3 is 0 Å². The lowest BCUT2D eigenvalue weighted by atomic mass is 9.91. The lowest BCUT2D eigenvalue weighted by Gasteiger charge is -2.32. The van der Waals surface area contributed by atoms with E-state index in [1.165, 1.54) is 5.56 Å². The van der Waals surface area contributed by atoms with Crippen LogP contribution in [0, 0.1) is 5.92 Å². The molecule has 3 nitrogen and oxygen atoms in total. The zero-order valence-electron chi connectivity index (χ0n) is 10.2. The summed E-state index contributed by atoms with van der Waals surface area (Å²) in [5.74, 6) is 0.614. The van der Waals surface area contributed by atoms with Gasteiger partial charge in [0, 0.05) is 19.2 Å². The number of carbonyl (C=O) groups is 1. The summed E-state index contributed by atoms with van der Waals surface area (Å²) >= 11 is 0. The summed E-state index contributed by atoms with van der Waals surface area (Å²) in [6.45, 7) is 0. The molecule has 90 valence electrons. The van der Waals surface area contributed by atoms with Gasteiger partial charge in [0.2, 0.25) is 5.91 Å². The number of carbonyl (C=O) groups excluding carboxylic acids is 1. The summed E-state index contributed by atoms with van der Waals surface area (Å²) in [4.78, 5) is 18.5. The van der Waals surface area contributed by atoms with Crippen molar-refractivity contribution in [3.8, 4) is 0 Å². The summed E-state index contributed by atoms with van der Waals surface area (Å²) in [5, 5.41) is 0. The fourth-order valence-electron chi connectivity index (χ4n) is 2.73. The van der Waals surface area contributed by atoms with Crippen LogP contribution in [0.5, 0.6) is 0 Å². The zero-order chi connectivity index (χ0) is 11.8. The Bertz CT molecular complexity index is 440. The molecule has 17 heavy (non-hydrogen) atoms. The highest BCUT2D eigenvalue weighted by atomic mass is 16.2. The van der Waals surface area contributed by atoms with Crippen molar-refractivity contribution in [1.82, 2.24) is 9.88 Å². The van der Waals surface area contributed by atoms with E-state index in [1.807, 2.05) is 24.2 Å². The maximum absolute atomic E-state index is 12.1. The standard InChI is InChI=1S/C14H18N2O/c1-16(14(17)11-7-8-11)12-6-2-4-10-5-3-9-15-13(10)12/h3,5,9,11-12H,2,4,6-8H2,1H3/t12-/m1/s1. The normalized spacial score (nSPS) is 23.0. The number of hydrogen-bond acceptors (Lipinski definition) is 2. The SMILES string of the molecule is CN(C(=O)C1CC1)[C@@H]1CCCc2cccnc21. The average molecular weight is 230 g/mol. The summed E-state index contributed by atoms with van der Waals surface area (Å²) in [7, 11) is 1.94. The lowest BCUT2D eigenvalue weighted by molar-refractivity contribution is -0.133. The average Bonchev–Trinajstić information content (AvgIpc) is 3.20. The minimum atomic E-state index is 0.202. The monoisotopic (exact) mass is 230 g/mol. The van der Waals surface area contributed by atoms with Crippen molar-refractivity contribution >= 4 is 5.91 Å². The molecule has 1 fully saturated rings. The molecular formula is C14H18N2O. The molecule has 3 rings (SSSR count). The van der Waals surface area contributed by atoms with Crippen molar-refractivity contribution in [2.75, 3.05) is 7.05 Å². The molecular weight excluding hydrogens is 212 g/mol. The first-order valence-electron chi connectivity index (χ1n) is 6.48. The van der Waals surface area contributed by atoms with Gasteiger partial charge in [-0.25, -0.2) is 0 Å². The lowest BCUT2D eigenvalue weighted by Crippen LogP contribution is -2.34. The van der Waals surface area contributed by atoms with Crippen molar-refractivity contribution < 1.29 is 4.79 Å². The molecule has 1 heterocycles. The number of aromatic nitrogens is 1. The molecule has 0 spiro atoms. The van der Waals surface area contributed by atoms with Gasteiger partial charge in [-0.15, -0.1) is 0 Å². The van der Waals surface area contributed by atoms with Crippen LogP contribution in [0.1, 0.15) is 43.0 Å². The number of hydrogen-bond donors (Lipinski definition) is 0. The maximum atomic E-state index is 12.1. The molecule has 3 heteroatoms. The molecule has 1 saturated carbocycles. The quantitative estimate of drug-likeness (QED) is 0.781. The van der Waals surface area contributed by atoms with Crippen molar-refractivity contribution in [1.29, 1.82) is 0 Å². The van der Waals surface area contributed by atoms with Crippen LogP contribution in [0.3, 0.4) is 0 Å². The molecule has 0 saturated heterocycles. The number of rotatable bonds is 2. The molecule has 2 aliphatic rings. The van der Waals surface area contributed by atoms with Crippen LogP contribution in [0.2, 0.25) is 0 Å². The van der Waals surface area contributed by atoms with E-state index >= 15 is 0 Å². The molecule has 0 unspecified atom stereocenters. The number of pyridine rings is 1. The van der Waals surface area contributed by atoms with Crippen LogP contribution in [0.4, 0.5) is 0 Å². The minimum absolute atomic E-state index is 0.202.